The van der Waals surface area contributed by atoms with Crippen molar-refractivity contribution in [2.24, 2.45) is 0 Å². The van der Waals surface area contributed by atoms with Gasteiger partial charge in [-0.1, -0.05) is 54.2 Å². The van der Waals surface area contributed by atoms with Crippen molar-refractivity contribution in [3.8, 4) is 0 Å². The second kappa shape index (κ2) is 6.36. The molecule has 1 saturated carbocycles. The molecule has 0 unspecified atom stereocenters. The fourth-order valence-corrected chi connectivity index (χ4v) is 3.17. The highest BCUT2D eigenvalue weighted by atomic mass is 35.5. The van der Waals surface area contributed by atoms with Gasteiger partial charge in [0.25, 0.3) is 5.89 Å². The van der Waals surface area contributed by atoms with Gasteiger partial charge in [0, 0.05) is 17.7 Å². The van der Waals surface area contributed by atoms with Gasteiger partial charge in [-0.3, -0.25) is 0 Å². The number of benzene rings is 1. The summed E-state index contributed by atoms with van der Waals surface area (Å²) < 4.78 is 10.8. The molecule has 6 heteroatoms. The molecule has 1 aromatic heterocycles. The molecule has 1 heterocycles. The smallest absolute Gasteiger partial charge is 0.258 e. The van der Waals surface area contributed by atoms with Crippen molar-refractivity contribution < 1.29 is 14.4 Å². The molecular weight excluding hydrogens is 304 g/mol. The van der Waals surface area contributed by atoms with Crippen LogP contribution in [0.5, 0.6) is 0 Å². The maximum Gasteiger partial charge on any atom is 0.258 e. The van der Waals surface area contributed by atoms with Gasteiger partial charge in [-0.05, 0) is 18.9 Å². The van der Waals surface area contributed by atoms with Crippen LogP contribution in [0.15, 0.2) is 28.8 Å². The minimum atomic E-state index is -1.01. The number of aliphatic hydroxyl groups is 1. The van der Waals surface area contributed by atoms with E-state index in [0.29, 0.717) is 23.7 Å². The van der Waals surface area contributed by atoms with E-state index < -0.39 is 11.7 Å². The molecule has 1 N–H and O–H groups in total. The predicted octanol–water partition coefficient (Wildman–Crippen LogP) is 3.61. The number of halogens is 1. The van der Waals surface area contributed by atoms with Crippen LogP contribution < -0.4 is 0 Å². The van der Waals surface area contributed by atoms with Crippen molar-refractivity contribution in [3.63, 3.8) is 0 Å². The summed E-state index contributed by atoms with van der Waals surface area (Å²) in [6.45, 7) is 0. The Balaban J connectivity index is 1.90. The number of ether oxygens (including phenoxy) is 1. The summed E-state index contributed by atoms with van der Waals surface area (Å²) in [5.74, 6) is 0.654. The van der Waals surface area contributed by atoms with Gasteiger partial charge in [-0.2, -0.15) is 4.98 Å². The third-order valence-corrected chi connectivity index (χ3v) is 4.52. The topological polar surface area (TPSA) is 68.4 Å². The van der Waals surface area contributed by atoms with E-state index >= 15 is 0 Å². The first-order chi connectivity index (χ1) is 10.6. The summed E-state index contributed by atoms with van der Waals surface area (Å²) in [4.78, 5) is 4.38. The molecule has 0 saturated heterocycles. The van der Waals surface area contributed by atoms with E-state index in [1.54, 1.807) is 13.2 Å². The van der Waals surface area contributed by atoms with Crippen LogP contribution in [0, 0.1) is 0 Å². The van der Waals surface area contributed by atoms with Gasteiger partial charge in [0.15, 0.2) is 0 Å². The van der Waals surface area contributed by atoms with Crippen LogP contribution in [0.1, 0.15) is 55.5 Å². The lowest BCUT2D eigenvalue weighted by Gasteiger charge is -2.27. The molecule has 5 nitrogen and oxygen atoms in total. The Kier molecular flexibility index (Phi) is 4.47. The molecule has 0 spiro atoms. The maximum atomic E-state index is 10.7. The molecule has 0 amide bonds. The van der Waals surface area contributed by atoms with Gasteiger partial charge >= 0.3 is 0 Å². The average molecular weight is 323 g/mol. The third kappa shape index (κ3) is 2.89. The van der Waals surface area contributed by atoms with E-state index in [9.17, 15) is 5.11 Å². The van der Waals surface area contributed by atoms with E-state index in [0.717, 1.165) is 24.8 Å². The first-order valence-electron chi connectivity index (χ1n) is 7.48. The minimum absolute atomic E-state index is 0.274. The lowest BCUT2D eigenvalue weighted by molar-refractivity contribution is -0.0287. The van der Waals surface area contributed by atoms with Crippen molar-refractivity contribution in [2.75, 3.05) is 7.11 Å². The fourth-order valence-electron chi connectivity index (χ4n) is 2.94. The van der Waals surface area contributed by atoms with Crippen LogP contribution in [0.4, 0.5) is 0 Å². The normalized spacial score (nSPS) is 19.0. The van der Waals surface area contributed by atoms with E-state index in [2.05, 4.69) is 10.1 Å². The van der Waals surface area contributed by atoms with Crippen molar-refractivity contribution in [1.29, 1.82) is 0 Å². The molecular formula is C16H19ClN2O3. The number of hydrogen-bond donors (Lipinski definition) is 1. The molecule has 0 radical (unpaired) electrons. The Morgan fingerprint density at radius 2 is 2.00 bits per heavy atom. The second-order valence-electron chi connectivity index (χ2n) is 5.69. The van der Waals surface area contributed by atoms with Crippen molar-refractivity contribution in [2.45, 2.75) is 43.8 Å². The van der Waals surface area contributed by atoms with Crippen LogP contribution in [0.2, 0.25) is 5.02 Å². The fraction of sp³-hybridized carbons (Fsp3) is 0.500. The van der Waals surface area contributed by atoms with Crippen LogP contribution in [0.25, 0.3) is 0 Å². The minimum Gasteiger partial charge on any atom is -0.380 e. The first-order valence-corrected chi connectivity index (χ1v) is 7.85. The highest BCUT2D eigenvalue weighted by molar-refractivity contribution is 6.31. The Morgan fingerprint density at radius 1 is 1.27 bits per heavy atom. The number of nitrogens with zero attached hydrogens (tertiary/aromatic N) is 2. The zero-order valence-electron chi connectivity index (χ0n) is 12.5. The van der Waals surface area contributed by atoms with E-state index in [1.165, 1.54) is 0 Å². The van der Waals surface area contributed by atoms with E-state index in [1.807, 2.05) is 18.2 Å². The summed E-state index contributed by atoms with van der Waals surface area (Å²) in [5.41, 5.74) is -0.239. The third-order valence-electron chi connectivity index (χ3n) is 4.18. The number of hydrogen-bond acceptors (Lipinski definition) is 5. The van der Waals surface area contributed by atoms with E-state index in [4.69, 9.17) is 20.9 Å². The van der Waals surface area contributed by atoms with Crippen LogP contribution in [-0.4, -0.2) is 22.4 Å². The Hall–Kier alpha value is -1.43. The SMILES string of the molecule is CO[C@H](c1noc(C2(O)CCCCC2)n1)c1ccccc1Cl. The zero-order chi connectivity index (χ0) is 15.6. The van der Waals surface area contributed by atoms with E-state index in [-0.39, 0.29) is 5.89 Å². The Labute approximate surface area is 134 Å². The summed E-state index contributed by atoms with van der Waals surface area (Å²) in [5, 5.41) is 15.2. The van der Waals surface area contributed by atoms with Crippen molar-refractivity contribution >= 4 is 11.6 Å². The van der Waals surface area contributed by atoms with Gasteiger partial charge in [-0.15, -0.1) is 0 Å². The lowest BCUT2D eigenvalue weighted by atomic mass is 9.85. The van der Waals surface area contributed by atoms with Gasteiger partial charge in [0.2, 0.25) is 5.82 Å². The molecule has 0 aliphatic heterocycles. The molecule has 1 aliphatic carbocycles. The van der Waals surface area contributed by atoms with Crippen molar-refractivity contribution in [3.05, 3.63) is 46.6 Å². The summed E-state index contributed by atoms with van der Waals surface area (Å²) >= 11 is 6.21. The Morgan fingerprint density at radius 3 is 2.68 bits per heavy atom. The van der Waals surface area contributed by atoms with Crippen LogP contribution >= 0.6 is 11.6 Å². The molecule has 118 valence electrons. The van der Waals surface area contributed by atoms with Crippen LogP contribution in [-0.2, 0) is 10.3 Å². The standard InChI is InChI=1S/C16H19ClN2O3/c1-21-13(11-7-3-4-8-12(11)17)14-18-15(22-19-14)16(20)9-5-2-6-10-16/h3-4,7-8,13,20H,2,5-6,9-10H2,1H3/t13-/m0/s1. The van der Waals surface area contributed by atoms with Gasteiger partial charge < -0.3 is 14.4 Å². The summed E-state index contributed by atoms with van der Waals surface area (Å²) in [6.07, 6.45) is 3.84. The van der Waals surface area contributed by atoms with Gasteiger partial charge in [0.1, 0.15) is 11.7 Å². The molecule has 3 rings (SSSR count). The van der Waals surface area contributed by atoms with Gasteiger partial charge in [0.05, 0.1) is 0 Å². The number of aromatic nitrogens is 2. The quantitative estimate of drug-likeness (QED) is 0.931. The molecule has 1 aromatic carbocycles. The zero-order valence-corrected chi connectivity index (χ0v) is 13.2. The first kappa shape index (κ1) is 15.5. The lowest BCUT2D eigenvalue weighted by Crippen LogP contribution is -2.28. The van der Waals surface area contributed by atoms with Crippen LogP contribution in [0.3, 0.4) is 0 Å². The second-order valence-corrected chi connectivity index (χ2v) is 6.09. The molecule has 1 atom stereocenters. The molecule has 1 aliphatic rings. The molecule has 0 bridgehead atoms. The molecule has 22 heavy (non-hydrogen) atoms. The molecule has 1 fully saturated rings. The maximum absolute atomic E-state index is 10.7. The summed E-state index contributed by atoms with van der Waals surface area (Å²) in [6, 6.07) is 7.38. The van der Waals surface area contributed by atoms with Gasteiger partial charge in [-0.25, -0.2) is 0 Å². The number of methoxy groups -OCH3 is 1. The summed E-state index contributed by atoms with van der Waals surface area (Å²) in [7, 11) is 1.57. The Bertz CT molecular complexity index is 638. The molecule has 2 aromatic rings. The monoisotopic (exact) mass is 322 g/mol. The predicted molar refractivity (Wildman–Crippen MR) is 81.6 cm³/mol. The largest absolute Gasteiger partial charge is 0.380 e. The highest BCUT2D eigenvalue weighted by Gasteiger charge is 2.37. The average Bonchev–Trinajstić information content (AvgIpc) is 3.01. The number of rotatable bonds is 4. The highest BCUT2D eigenvalue weighted by Crippen LogP contribution is 2.37. The van der Waals surface area contributed by atoms with Crippen molar-refractivity contribution in [1.82, 2.24) is 10.1 Å².